The van der Waals surface area contributed by atoms with Crippen molar-refractivity contribution in [1.29, 1.82) is 0 Å². The first-order valence-corrected chi connectivity index (χ1v) is 3.69. The third-order valence-electron chi connectivity index (χ3n) is 2.34. The maximum Gasteiger partial charge on any atom is 0.309 e. The number of rotatable bonds is 2. The summed E-state index contributed by atoms with van der Waals surface area (Å²) in [5.41, 5.74) is 5.54. The van der Waals surface area contributed by atoms with Gasteiger partial charge in [0.2, 0.25) is 0 Å². The number of hydrogen-bond donors (Lipinski definition) is 2. The van der Waals surface area contributed by atoms with Crippen LogP contribution in [0.3, 0.4) is 0 Å². The van der Waals surface area contributed by atoms with Crippen LogP contribution in [0.4, 0.5) is 0 Å². The standard InChI is InChI=1S/C7H14N2O2/c1-9(2)5-3-4(8)6(5)7(10)11/h4-6H,3,8H2,1-2H3,(H,10,11). The van der Waals surface area contributed by atoms with Gasteiger partial charge < -0.3 is 15.7 Å². The molecule has 1 fully saturated rings. The van der Waals surface area contributed by atoms with E-state index in [0.717, 1.165) is 6.42 Å². The number of hydrogen-bond acceptors (Lipinski definition) is 3. The summed E-state index contributed by atoms with van der Waals surface area (Å²) in [7, 11) is 3.76. The maximum absolute atomic E-state index is 10.6. The van der Waals surface area contributed by atoms with Crippen LogP contribution < -0.4 is 5.73 Å². The van der Waals surface area contributed by atoms with Gasteiger partial charge in [-0.15, -0.1) is 0 Å². The molecule has 0 aliphatic heterocycles. The summed E-state index contributed by atoms with van der Waals surface area (Å²) in [6, 6.07) is -0.0256. The molecule has 3 atom stereocenters. The highest BCUT2D eigenvalue weighted by Gasteiger charge is 2.44. The Hall–Kier alpha value is -0.610. The first kappa shape index (κ1) is 8.49. The molecular formula is C7H14N2O2. The molecule has 3 N–H and O–H groups in total. The van der Waals surface area contributed by atoms with Crippen molar-refractivity contribution >= 4 is 5.97 Å². The minimum absolute atomic E-state index is 0.127. The summed E-state index contributed by atoms with van der Waals surface area (Å²) in [5.74, 6) is -1.15. The minimum Gasteiger partial charge on any atom is -0.481 e. The monoisotopic (exact) mass is 158 g/mol. The van der Waals surface area contributed by atoms with Gasteiger partial charge in [-0.2, -0.15) is 0 Å². The second kappa shape index (κ2) is 2.79. The van der Waals surface area contributed by atoms with Gasteiger partial charge in [0.1, 0.15) is 0 Å². The lowest BCUT2D eigenvalue weighted by atomic mass is 9.74. The van der Waals surface area contributed by atoms with E-state index in [1.54, 1.807) is 0 Å². The highest BCUT2D eigenvalue weighted by Crippen LogP contribution is 2.29. The van der Waals surface area contributed by atoms with Crippen LogP contribution in [0, 0.1) is 5.92 Å². The number of carboxylic acid groups (broad SMARTS) is 1. The molecule has 4 heteroatoms. The molecule has 1 aliphatic rings. The normalized spacial score (nSPS) is 36.9. The van der Waals surface area contributed by atoms with Gasteiger partial charge in [-0.25, -0.2) is 0 Å². The Bertz CT molecular complexity index is 170. The predicted molar refractivity (Wildman–Crippen MR) is 41.2 cm³/mol. The smallest absolute Gasteiger partial charge is 0.309 e. The van der Waals surface area contributed by atoms with Gasteiger partial charge >= 0.3 is 5.97 Å². The lowest BCUT2D eigenvalue weighted by Crippen LogP contribution is -2.60. The second-order valence-electron chi connectivity index (χ2n) is 3.29. The lowest BCUT2D eigenvalue weighted by molar-refractivity contribution is -0.149. The van der Waals surface area contributed by atoms with Gasteiger partial charge in [-0.05, 0) is 20.5 Å². The van der Waals surface area contributed by atoms with Crippen LogP contribution in [0.5, 0.6) is 0 Å². The van der Waals surface area contributed by atoms with Crippen LogP contribution in [0.15, 0.2) is 0 Å². The van der Waals surface area contributed by atoms with Crippen LogP contribution in [-0.2, 0) is 4.79 Å². The quantitative estimate of drug-likeness (QED) is 0.560. The molecule has 1 rings (SSSR count). The van der Waals surface area contributed by atoms with Gasteiger partial charge in [0.15, 0.2) is 0 Å². The Morgan fingerprint density at radius 3 is 2.36 bits per heavy atom. The van der Waals surface area contributed by atoms with Crippen molar-refractivity contribution in [2.24, 2.45) is 11.7 Å². The first-order chi connectivity index (χ1) is 5.04. The maximum atomic E-state index is 10.6. The van der Waals surface area contributed by atoms with E-state index in [9.17, 15) is 4.79 Å². The van der Waals surface area contributed by atoms with Crippen molar-refractivity contribution in [2.75, 3.05) is 14.1 Å². The van der Waals surface area contributed by atoms with Crippen LogP contribution >= 0.6 is 0 Å². The summed E-state index contributed by atoms with van der Waals surface area (Å²) in [6.45, 7) is 0. The van der Waals surface area contributed by atoms with Crippen molar-refractivity contribution in [3.05, 3.63) is 0 Å². The van der Waals surface area contributed by atoms with Gasteiger partial charge in [0, 0.05) is 12.1 Å². The summed E-state index contributed by atoms with van der Waals surface area (Å²) >= 11 is 0. The van der Waals surface area contributed by atoms with E-state index in [0.29, 0.717) is 0 Å². The molecule has 64 valence electrons. The summed E-state index contributed by atoms with van der Waals surface area (Å²) < 4.78 is 0. The number of nitrogens with zero attached hydrogens (tertiary/aromatic N) is 1. The molecule has 0 amide bonds. The van der Waals surface area contributed by atoms with E-state index < -0.39 is 5.97 Å². The Morgan fingerprint density at radius 1 is 1.64 bits per heavy atom. The van der Waals surface area contributed by atoms with Crippen molar-refractivity contribution in [3.8, 4) is 0 Å². The third kappa shape index (κ3) is 1.36. The fourth-order valence-corrected chi connectivity index (χ4v) is 1.54. The highest BCUT2D eigenvalue weighted by atomic mass is 16.4. The molecule has 3 unspecified atom stereocenters. The fourth-order valence-electron chi connectivity index (χ4n) is 1.54. The average molecular weight is 158 g/mol. The molecule has 1 saturated carbocycles. The predicted octanol–water partition coefficient (Wildman–Crippen LogP) is -0.652. The number of nitrogens with two attached hydrogens (primary N) is 1. The molecule has 0 saturated heterocycles. The molecule has 0 aromatic heterocycles. The van der Waals surface area contributed by atoms with Gasteiger partial charge in [0.25, 0.3) is 0 Å². The van der Waals surface area contributed by atoms with Crippen LogP contribution in [0.25, 0.3) is 0 Å². The molecule has 0 bridgehead atoms. The summed E-state index contributed by atoms with van der Waals surface area (Å²) in [4.78, 5) is 12.5. The number of carboxylic acids is 1. The van der Waals surface area contributed by atoms with Crippen molar-refractivity contribution in [3.63, 3.8) is 0 Å². The SMILES string of the molecule is CN(C)C1CC(N)C1C(=O)O. The van der Waals surface area contributed by atoms with Crippen LogP contribution in [0.2, 0.25) is 0 Å². The van der Waals surface area contributed by atoms with Crippen molar-refractivity contribution in [1.82, 2.24) is 4.90 Å². The minimum atomic E-state index is -0.776. The molecule has 11 heavy (non-hydrogen) atoms. The van der Waals surface area contributed by atoms with Gasteiger partial charge in [-0.3, -0.25) is 4.79 Å². The second-order valence-corrected chi connectivity index (χ2v) is 3.29. The van der Waals surface area contributed by atoms with Crippen LogP contribution in [-0.4, -0.2) is 42.2 Å². The number of carbonyl (C=O) groups is 1. The van der Waals surface area contributed by atoms with E-state index in [4.69, 9.17) is 10.8 Å². The fraction of sp³-hybridized carbons (Fsp3) is 0.857. The third-order valence-corrected chi connectivity index (χ3v) is 2.34. The zero-order valence-electron chi connectivity index (χ0n) is 6.82. The molecular weight excluding hydrogens is 144 g/mol. The molecule has 0 spiro atoms. The Labute approximate surface area is 66.0 Å². The van der Waals surface area contributed by atoms with Crippen LogP contribution in [0.1, 0.15) is 6.42 Å². The largest absolute Gasteiger partial charge is 0.481 e. The Balaban J connectivity index is 2.55. The zero-order valence-corrected chi connectivity index (χ0v) is 6.82. The molecule has 0 radical (unpaired) electrons. The molecule has 0 heterocycles. The van der Waals surface area contributed by atoms with E-state index in [2.05, 4.69) is 0 Å². The first-order valence-electron chi connectivity index (χ1n) is 3.69. The van der Waals surface area contributed by atoms with E-state index in [-0.39, 0.29) is 18.0 Å². The lowest BCUT2D eigenvalue weighted by Gasteiger charge is -2.43. The molecule has 0 aromatic rings. The molecule has 4 nitrogen and oxygen atoms in total. The molecule has 1 aliphatic carbocycles. The number of aliphatic carboxylic acids is 1. The van der Waals surface area contributed by atoms with E-state index >= 15 is 0 Å². The van der Waals surface area contributed by atoms with E-state index in [1.165, 1.54) is 0 Å². The Morgan fingerprint density at radius 2 is 2.18 bits per heavy atom. The van der Waals surface area contributed by atoms with Crippen molar-refractivity contribution < 1.29 is 9.90 Å². The van der Waals surface area contributed by atoms with E-state index in [1.807, 2.05) is 19.0 Å². The van der Waals surface area contributed by atoms with Crippen molar-refractivity contribution in [2.45, 2.75) is 18.5 Å². The Kier molecular flexibility index (Phi) is 2.15. The zero-order chi connectivity index (χ0) is 8.59. The molecule has 0 aromatic carbocycles. The van der Waals surface area contributed by atoms with Gasteiger partial charge in [-0.1, -0.05) is 0 Å². The summed E-state index contributed by atoms with van der Waals surface area (Å²) in [5, 5.41) is 8.72. The van der Waals surface area contributed by atoms with Gasteiger partial charge in [0.05, 0.1) is 5.92 Å². The topological polar surface area (TPSA) is 66.6 Å². The highest BCUT2D eigenvalue weighted by molar-refractivity contribution is 5.73. The average Bonchev–Trinajstić information content (AvgIpc) is 1.80. The summed E-state index contributed by atoms with van der Waals surface area (Å²) in [6.07, 6.45) is 0.796.